The number of rotatable bonds is 9. The van der Waals surface area contributed by atoms with E-state index in [1.807, 2.05) is 26.0 Å². The van der Waals surface area contributed by atoms with Crippen molar-refractivity contribution >= 4 is 46.3 Å². The normalized spacial score (nSPS) is 10.4. The van der Waals surface area contributed by atoms with Gasteiger partial charge in [-0.25, -0.2) is 4.98 Å². The average Bonchev–Trinajstić information content (AvgIpc) is 2.96. The van der Waals surface area contributed by atoms with Gasteiger partial charge in [-0.1, -0.05) is 12.1 Å². The van der Waals surface area contributed by atoms with Crippen LogP contribution in [-0.4, -0.2) is 43.0 Å². The molecule has 6 N–H and O–H groups in total. The highest BCUT2D eigenvalue weighted by atomic mass is 16.5. The van der Waals surface area contributed by atoms with E-state index in [2.05, 4.69) is 31.2 Å². The van der Waals surface area contributed by atoms with Crippen LogP contribution in [0.5, 0.6) is 11.5 Å². The first kappa shape index (κ1) is 27.7. The van der Waals surface area contributed by atoms with Gasteiger partial charge in [0.05, 0.1) is 14.2 Å². The van der Waals surface area contributed by atoms with Crippen LogP contribution in [0.1, 0.15) is 31.8 Å². The van der Waals surface area contributed by atoms with E-state index in [9.17, 15) is 9.59 Å². The lowest BCUT2D eigenvalue weighted by Gasteiger charge is -2.14. The minimum Gasteiger partial charge on any atom is -0.497 e. The van der Waals surface area contributed by atoms with Crippen molar-refractivity contribution in [2.24, 2.45) is 0 Å². The average molecular weight is 542 g/mol. The van der Waals surface area contributed by atoms with Gasteiger partial charge in [0.25, 0.3) is 11.8 Å². The number of aromatic nitrogens is 2. The maximum atomic E-state index is 13.2. The van der Waals surface area contributed by atoms with Gasteiger partial charge in [0.15, 0.2) is 0 Å². The number of nitrogens with one attached hydrogen (secondary N) is 4. The first-order valence-electron chi connectivity index (χ1n) is 12.3. The zero-order valence-electron chi connectivity index (χ0n) is 22.9. The summed E-state index contributed by atoms with van der Waals surface area (Å²) < 4.78 is 10.5. The minimum absolute atomic E-state index is 0.244. The van der Waals surface area contributed by atoms with E-state index in [1.54, 1.807) is 49.5 Å². The Kier molecular flexibility index (Phi) is 8.33. The van der Waals surface area contributed by atoms with Crippen LogP contribution in [0.2, 0.25) is 0 Å². The van der Waals surface area contributed by atoms with Gasteiger partial charge < -0.3 is 36.5 Å². The number of aryl methyl sites for hydroxylation is 2. The summed E-state index contributed by atoms with van der Waals surface area (Å²) in [6.45, 7) is 3.77. The highest BCUT2D eigenvalue weighted by Crippen LogP contribution is 2.26. The van der Waals surface area contributed by atoms with Crippen LogP contribution in [0.15, 0.2) is 60.8 Å². The molecular weight excluding hydrogens is 510 g/mol. The molecule has 0 radical (unpaired) electrons. The highest BCUT2D eigenvalue weighted by Gasteiger charge is 2.17. The van der Waals surface area contributed by atoms with Gasteiger partial charge in [0.2, 0.25) is 5.95 Å². The van der Waals surface area contributed by atoms with Crippen LogP contribution in [0.4, 0.5) is 34.5 Å². The first-order chi connectivity index (χ1) is 19.2. The summed E-state index contributed by atoms with van der Waals surface area (Å²) in [4.78, 5) is 34.9. The van der Waals surface area contributed by atoms with E-state index < -0.39 is 5.91 Å². The topological polar surface area (TPSA) is 153 Å². The van der Waals surface area contributed by atoms with Crippen molar-refractivity contribution in [1.29, 1.82) is 0 Å². The van der Waals surface area contributed by atoms with Crippen LogP contribution in [0.25, 0.3) is 0 Å². The number of carbonyl (C=O) groups excluding carboxylic acids is 2. The Morgan fingerprint density at radius 1 is 0.825 bits per heavy atom. The van der Waals surface area contributed by atoms with E-state index >= 15 is 0 Å². The minimum atomic E-state index is -0.417. The molecule has 0 atom stereocenters. The number of anilines is 6. The summed E-state index contributed by atoms with van der Waals surface area (Å²) in [5, 5.41) is 11.8. The molecule has 206 valence electrons. The largest absolute Gasteiger partial charge is 0.497 e. The second-order valence-corrected chi connectivity index (χ2v) is 8.94. The molecule has 0 saturated heterocycles. The highest BCUT2D eigenvalue weighted by molar-refractivity contribution is 6.09. The Morgan fingerprint density at radius 2 is 1.50 bits per heavy atom. The standard InChI is InChI=1S/C29H31N7O4/c1-16-6-8-19(12-24(16)30)34-29-32-15-23(26(31-3)36-29)28(38)35-25-13-20(9-7-17(25)2)33-27(37)18-10-21(39-4)14-22(11-18)40-5/h6-15H,30H2,1-5H3,(H,33,37)(H,35,38)(H2,31,32,34,36). The Balaban J connectivity index is 1.51. The van der Waals surface area contributed by atoms with Gasteiger partial charge in [-0.05, 0) is 61.4 Å². The molecule has 4 aromatic rings. The molecule has 11 heteroatoms. The van der Waals surface area contributed by atoms with Crippen molar-refractivity contribution in [1.82, 2.24) is 9.97 Å². The van der Waals surface area contributed by atoms with Crippen molar-refractivity contribution in [2.75, 3.05) is 48.3 Å². The van der Waals surface area contributed by atoms with Crippen LogP contribution in [-0.2, 0) is 0 Å². The van der Waals surface area contributed by atoms with Crippen molar-refractivity contribution < 1.29 is 19.1 Å². The number of nitrogens with zero attached hydrogens (tertiary/aromatic N) is 2. The van der Waals surface area contributed by atoms with Gasteiger partial charge in [0.1, 0.15) is 22.9 Å². The molecule has 0 aliphatic carbocycles. The predicted molar refractivity (Wildman–Crippen MR) is 157 cm³/mol. The molecule has 2 amide bonds. The third-order valence-electron chi connectivity index (χ3n) is 6.16. The molecular formula is C29H31N7O4. The summed E-state index contributed by atoms with van der Waals surface area (Å²) in [5.74, 6) is 0.854. The molecule has 0 saturated carbocycles. The predicted octanol–water partition coefficient (Wildman–Crippen LogP) is 4.98. The lowest BCUT2D eigenvalue weighted by Crippen LogP contribution is -2.17. The molecule has 3 aromatic carbocycles. The smallest absolute Gasteiger partial charge is 0.261 e. The fraction of sp³-hybridized carbons (Fsp3) is 0.172. The SMILES string of the molecule is CNc1nc(Nc2ccc(C)c(N)c2)ncc1C(=O)Nc1cc(NC(=O)c2cc(OC)cc(OC)c2)ccc1C. The Bertz CT molecular complexity index is 1550. The van der Waals surface area contributed by atoms with Crippen molar-refractivity contribution in [2.45, 2.75) is 13.8 Å². The molecule has 0 aliphatic heterocycles. The van der Waals surface area contributed by atoms with Crippen LogP contribution in [0.3, 0.4) is 0 Å². The van der Waals surface area contributed by atoms with Crippen molar-refractivity contribution in [3.8, 4) is 11.5 Å². The maximum absolute atomic E-state index is 13.2. The summed E-state index contributed by atoms with van der Waals surface area (Å²) in [6.07, 6.45) is 1.44. The molecule has 0 fully saturated rings. The fourth-order valence-corrected chi connectivity index (χ4v) is 3.81. The van der Waals surface area contributed by atoms with Gasteiger partial charge in [-0.2, -0.15) is 4.98 Å². The fourth-order valence-electron chi connectivity index (χ4n) is 3.81. The van der Waals surface area contributed by atoms with Crippen LogP contribution in [0, 0.1) is 13.8 Å². The molecule has 11 nitrogen and oxygen atoms in total. The summed E-state index contributed by atoms with van der Waals surface area (Å²) >= 11 is 0. The van der Waals surface area contributed by atoms with E-state index in [1.165, 1.54) is 20.4 Å². The van der Waals surface area contributed by atoms with Gasteiger partial charge in [-0.15, -0.1) is 0 Å². The number of benzene rings is 3. The number of nitrogens with two attached hydrogens (primary N) is 1. The summed E-state index contributed by atoms with van der Waals surface area (Å²) in [6, 6.07) is 15.7. The van der Waals surface area contributed by atoms with Crippen molar-refractivity contribution in [3.05, 3.63) is 83.0 Å². The van der Waals surface area contributed by atoms with E-state index in [-0.39, 0.29) is 11.5 Å². The summed E-state index contributed by atoms with van der Waals surface area (Å²) in [5.41, 5.74) is 10.8. The molecule has 0 aliphatic rings. The second-order valence-electron chi connectivity index (χ2n) is 8.94. The van der Waals surface area contributed by atoms with E-state index in [4.69, 9.17) is 15.2 Å². The lowest BCUT2D eigenvalue weighted by molar-refractivity contribution is 0.101. The zero-order valence-corrected chi connectivity index (χ0v) is 22.9. The number of amides is 2. The van der Waals surface area contributed by atoms with Crippen LogP contribution < -0.4 is 36.5 Å². The molecule has 0 spiro atoms. The molecule has 40 heavy (non-hydrogen) atoms. The monoisotopic (exact) mass is 541 g/mol. The number of nitrogen functional groups attached to an aromatic ring is 1. The Hall–Kier alpha value is -5.32. The van der Waals surface area contributed by atoms with E-state index in [0.717, 1.165) is 16.8 Å². The Morgan fingerprint density at radius 3 is 2.15 bits per heavy atom. The second kappa shape index (κ2) is 12.0. The quantitative estimate of drug-likeness (QED) is 0.185. The number of hydrogen-bond donors (Lipinski definition) is 5. The molecule has 0 bridgehead atoms. The molecule has 1 aromatic heterocycles. The third-order valence-corrected chi connectivity index (χ3v) is 6.16. The number of hydrogen-bond acceptors (Lipinski definition) is 9. The van der Waals surface area contributed by atoms with E-state index in [0.29, 0.717) is 45.9 Å². The molecule has 1 heterocycles. The zero-order chi connectivity index (χ0) is 28.8. The number of ether oxygens (including phenoxy) is 2. The first-order valence-corrected chi connectivity index (χ1v) is 12.3. The molecule has 4 rings (SSSR count). The number of carbonyl (C=O) groups is 2. The van der Waals surface area contributed by atoms with Crippen LogP contribution >= 0.6 is 0 Å². The number of methoxy groups -OCH3 is 2. The molecule has 0 unspecified atom stereocenters. The maximum Gasteiger partial charge on any atom is 0.261 e. The third kappa shape index (κ3) is 6.38. The van der Waals surface area contributed by atoms with Gasteiger partial charge in [-0.3, -0.25) is 9.59 Å². The summed E-state index contributed by atoms with van der Waals surface area (Å²) in [7, 11) is 4.70. The van der Waals surface area contributed by atoms with Crippen molar-refractivity contribution in [3.63, 3.8) is 0 Å². The van der Waals surface area contributed by atoms with Gasteiger partial charge in [0, 0.05) is 47.6 Å². The lowest BCUT2D eigenvalue weighted by atomic mass is 10.1. The Labute approximate surface area is 232 Å². The van der Waals surface area contributed by atoms with Gasteiger partial charge >= 0.3 is 0 Å².